The quantitative estimate of drug-likeness (QED) is 0.878. The molecule has 0 spiro atoms. The summed E-state index contributed by atoms with van der Waals surface area (Å²) in [6, 6.07) is 1.84. The van der Waals surface area contributed by atoms with E-state index in [-0.39, 0.29) is 17.9 Å². The molecule has 0 saturated carbocycles. The highest BCUT2D eigenvalue weighted by Crippen LogP contribution is 2.20. The molecule has 1 heterocycles. The Hall–Kier alpha value is -1.06. The fraction of sp³-hybridized carbons (Fsp3) is 0.400. The van der Waals surface area contributed by atoms with Crippen molar-refractivity contribution in [3.05, 3.63) is 29.8 Å². The predicted molar refractivity (Wildman–Crippen MR) is 63.7 cm³/mol. The van der Waals surface area contributed by atoms with Gasteiger partial charge in [0.05, 0.1) is 11.5 Å². The molecule has 9 heteroatoms. The molecule has 5 nitrogen and oxygen atoms in total. The third kappa shape index (κ3) is 3.10. The number of benzene rings is 1. The number of rotatable bonds is 3. The second-order valence-corrected chi connectivity index (χ2v) is 8.15. The molecule has 19 heavy (non-hydrogen) atoms. The van der Waals surface area contributed by atoms with Gasteiger partial charge in [0.15, 0.2) is 14.7 Å². The van der Waals surface area contributed by atoms with Crippen LogP contribution < -0.4 is 4.72 Å². The molecule has 1 fully saturated rings. The number of nitrogens with one attached hydrogen (secondary N) is 1. The van der Waals surface area contributed by atoms with Crippen molar-refractivity contribution in [1.29, 1.82) is 0 Å². The minimum absolute atomic E-state index is 0.0949. The van der Waals surface area contributed by atoms with Crippen molar-refractivity contribution in [1.82, 2.24) is 4.72 Å². The van der Waals surface area contributed by atoms with Crippen LogP contribution in [0, 0.1) is 11.6 Å². The minimum atomic E-state index is -4.42. The van der Waals surface area contributed by atoms with Crippen molar-refractivity contribution < 1.29 is 25.6 Å². The molecule has 1 aliphatic heterocycles. The van der Waals surface area contributed by atoms with Crippen molar-refractivity contribution in [3.8, 4) is 0 Å². The molecular formula is C10H11F2NO4S2. The molecule has 1 N–H and O–H groups in total. The molecule has 1 saturated heterocycles. The maximum absolute atomic E-state index is 13.4. The van der Waals surface area contributed by atoms with Crippen LogP contribution in [0.5, 0.6) is 0 Å². The Labute approximate surface area is 109 Å². The molecule has 0 aliphatic carbocycles. The Morgan fingerprint density at radius 2 is 1.79 bits per heavy atom. The molecule has 0 amide bonds. The summed E-state index contributed by atoms with van der Waals surface area (Å²) in [7, 11) is -7.70. The topological polar surface area (TPSA) is 80.3 Å². The van der Waals surface area contributed by atoms with Crippen LogP contribution in [0.15, 0.2) is 23.1 Å². The third-order valence-corrected chi connectivity index (χ3v) is 6.08. The van der Waals surface area contributed by atoms with Gasteiger partial charge in [0.2, 0.25) is 10.0 Å². The van der Waals surface area contributed by atoms with Gasteiger partial charge in [-0.25, -0.2) is 30.3 Å². The van der Waals surface area contributed by atoms with E-state index in [9.17, 15) is 25.6 Å². The van der Waals surface area contributed by atoms with Crippen LogP contribution in [0.1, 0.15) is 6.42 Å². The van der Waals surface area contributed by atoms with Gasteiger partial charge in [0.25, 0.3) is 0 Å². The van der Waals surface area contributed by atoms with E-state index in [1.54, 1.807) is 0 Å². The first-order chi connectivity index (χ1) is 8.71. The Kier molecular flexibility index (Phi) is 3.63. The molecule has 0 radical (unpaired) electrons. The SMILES string of the molecule is O=S1(=O)CC[C@H](NS(=O)(=O)c2c(F)cccc2F)C1. The molecule has 106 valence electrons. The van der Waals surface area contributed by atoms with Crippen LogP contribution in [0.25, 0.3) is 0 Å². The smallest absolute Gasteiger partial charge is 0.229 e. The van der Waals surface area contributed by atoms with Crippen molar-refractivity contribution in [2.75, 3.05) is 11.5 Å². The molecule has 1 aliphatic rings. The van der Waals surface area contributed by atoms with Gasteiger partial charge in [-0.2, -0.15) is 0 Å². The van der Waals surface area contributed by atoms with Gasteiger partial charge < -0.3 is 0 Å². The van der Waals surface area contributed by atoms with Gasteiger partial charge in [-0.15, -0.1) is 0 Å². The Morgan fingerprint density at radius 3 is 2.26 bits per heavy atom. The second-order valence-electron chi connectivity index (χ2n) is 4.27. The van der Waals surface area contributed by atoms with Gasteiger partial charge in [-0.3, -0.25) is 0 Å². The van der Waals surface area contributed by atoms with Crippen molar-refractivity contribution in [3.63, 3.8) is 0 Å². The zero-order valence-electron chi connectivity index (χ0n) is 9.64. The van der Waals surface area contributed by atoms with Gasteiger partial charge in [0, 0.05) is 6.04 Å². The van der Waals surface area contributed by atoms with Crippen LogP contribution in [0.3, 0.4) is 0 Å². The molecule has 0 unspecified atom stereocenters. The summed E-state index contributed by atoms with van der Waals surface area (Å²) in [6.45, 7) is 0. The lowest BCUT2D eigenvalue weighted by Crippen LogP contribution is -2.36. The lowest BCUT2D eigenvalue weighted by molar-refractivity contribution is 0.508. The summed E-state index contributed by atoms with van der Waals surface area (Å²) in [5.41, 5.74) is 0. The standard InChI is InChI=1S/C10H11F2NO4S2/c11-8-2-1-3-9(12)10(8)19(16,17)13-7-4-5-18(14,15)6-7/h1-3,7,13H,4-6H2/t7-/m0/s1. The zero-order valence-corrected chi connectivity index (χ0v) is 11.3. The fourth-order valence-electron chi connectivity index (χ4n) is 1.91. The van der Waals surface area contributed by atoms with Crippen molar-refractivity contribution >= 4 is 19.9 Å². The van der Waals surface area contributed by atoms with E-state index >= 15 is 0 Å². The maximum Gasteiger partial charge on any atom is 0.246 e. The lowest BCUT2D eigenvalue weighted by Gasteiger charge is -2.12. The predicted octanol–water partition coefficient (Wildman–Crippen LogP) is 0.430. The summed E-state index contributed by atoms with van der Waals surface area (Å²) >= 11 is 0. The normalized spacial score (nSPS) is 22.5. The molecule has 0 aromatic heterocycles. The highest BCUT2D eigenvalue weighted by atomic mass is 32.2. The number of hydrogen-bond acceptors (Lipinski definition) is 4. The summed E-state index contributed by atoms with van der Waals surface area (Å²) < 4.78 is 74.9. The first kappa shape index (κ1) is 14.4. The molecular weight excluding hydrogens is 300 g/mol. The number of hydrogen-bond donors (Lipinski definition) is 1. The van der Waals surface area contributed by atoms with Crippen LogP contribution in [0.4, 0.5) is 8.78 Å². The summed E-state index contributed by atoms with van der Waals surface area (Å²) in [6.07, 6.45) is 0.0949. The number of sulfone groups is 1. The van der Waals surface area contributed by atoms with E-state index in [1.165, 1.54) is 0 Å². The number of sulfonamides is 1. The van der Waals surface area contributed by atoms with Crippen LogP contribution >= 0.6 is 0 Å². The number of halogens is 2. The summed E-state index contributed by atoms with van der Waals surface area (Å²) in [5.74, 6) is -2.93. The summed E-state index contributed by atoms with van der Waals surface area (Å²) in [4.78, 5) is -1.08. The molecule has 2 rings (SSSR count). The van der Waals surface area contributed by atoms with Crippen LogP contribution in [-0.2, 0) is 19.9 Å². The molecule has 1 aromatic carbocycles. The van der Waals surface area contributed by atoms with E-state index < -0.39 is 42.4 Å². The lowest BCUT2D eigenvalue weighted by atomic mass is 10.3. The van der Waals surface area contributed by atoms with Crippen molar-refractivity contribution in [2.24, 2.45) is 0 Å². The third-order valence-electron chi connectivity index (χ3n) is 2.74. The van der Waals surface area contributed by atoms with E-state index in [0.29, 0.717) is 0 Å². The Balaban J connectivity index is 2.29. The average molecular weight is 311 g/mol. The van der Waals surface area contributed by atoms with E-state index in [1.807, 2.05) is 4.72 Å². The van der Waals surface area contributed by atoms with E-state index in [0.717, 1.165) is 18.2 Å². The highest BCUT2D eigenvalue weighted by Gasteiger charge is 2.33. The van der Waals surface area contributed by atoms with Gasteiger partial charge in [-0.1, -0.05) is 6.07 Å². The fourth-order valence-corrected chi connectivity index (χ4v) is 5.09. The first-order valence-electron chi connectivity index (χ1n) is 5.38. The van der Waals surface area contributed by atoms with Crippen LogP contribution in [-0.4, -0.2) is 34.4 Å². The van der Waals surface area contributed by atoms with E-state index in [2.05, 4.69) is 0 Å². The van der Waals surface area contributed by atoms with Gasteiger partial charge in [-0.05, 0) is 18.6 Å². The Bertz CT molecular complexity index is 680. The largest absolute Gasteiger partial charge is 0.246 e. The van der Waals surface area contributed by atoms with Gasteiger partial charge >= 0.3 is 0 Å². The highest BCUT2D eigenvalue weighted by molar-refractivity contribution is 7.92. The molecule has 1 aromatic rings. The van der Waals surface area contributed by atoms with E-state index in [4.69, 9.17) is 0 Å². The second kappa shape index (κ2) is 4.80. The minimum Gasteiger partial charge on any atom is -0.229 e. The monoisotopic (exact) mass is 311 g/mol. The Morgan fingerprint density at radius 1 is 1.21 bits per heavy atom. The maximum atomic E-state index is 13.4. The summed E-state index contributed by atoms with van der Waals surface area (Å²) in [5, 5.41) is 0. The molecule has 0 bridgehead atoms. The van der Waals surface area contributed by atoms with Gasteiger partial charge in [0.1, 0.15) is 11.6 Å². The van der Waals surface area contributed by atoms with Crippen LogP contribution in [0.2, 0.25) is 0 Å². The zero-order chi connectivity index (χ0) is 14.3. The van der Waals surface area contributed by atoms with Crippen molar-refractivity contribution in [2.45, 2.75) is 17.4 Å². The first-order valence-corrected chi connectivity index (χ1v) is 8.68. The molecule has 1 atom stereocenters. The average Bonchev–Trinajstić information content (AvgIpc) is 2.56.